The number of sulfonamides is 1. The molecule has 0 spiro atoms. The van der Waals surface area contributed by atoms with E-state index in [2.05, 4.69) is 0 Å². The number of nitrogens with zero attached hydrogens (tertiary/aromatic N) is 1. The fourth-order valence-electron chi connectivity index (χ4n) is 1.55. The van der Waals surface area contributed by atoms with Crippen molar-refractivity contribution in [3.05, 3.63) is 15.8 Å². The van der Waals surface area contributed by atoms with Crippen LogP contribution >= 0.6 is 11.3 Å². The van der Waals surface area contributed by atoms with E-state index in [1.807, 2.05) is 0 Å². The SMILES string of the molecule is CCN(CC(F)(F)F)C(=O)c1cc(S(N)(=O)=O)c(C)s1. The molecule has 10 heteroatoms. The van der Waals surface area contributed by atoms with Gasteiger partial charge in [-0.1, -0.05) is 0 Å². The first-order valence-electron chi connectivity index (χ1n) is 5.45. The Balaban J connectivity index is 3.09. The molecule has 0 radical (unpaired) electrons. The first kappa shape index (κ1) is 16.9. The van der Waals surface area contributed by atoms with Crippen molar-refractivity contribution in [1.29, 1.82) is 0 Å². The summed E-state index contributed by atoms with van der Waals surface area (Å²) in [5.41, 5.74) is 0. The topological polar surface area (TPSA) is 80.5 Å². The third-order valence-electron chi connectivity index (χ3n) is 2.43. The minimum atomic E-state index is -4.51. The van der Waals surface area contributed by atoms with Crippen LogP contribution in [-0.2, 0) is 10.0 Å². The molecule has 20 heavy (non-hydrogen) atoms. The van der Waals surface area contributed by atoms with E-state index in [1.165, 1.54) is 13.8 Å². The molecule has 0 saturated carbocycles. The van der Waals surface area contributed by atoms with Crippen LogP contribution in [0.3, 0.4) is 0 Å². The standard InChI is InChI=1S/C10H13F3N2O3S2/c1-3-15(5-10(11,12)13)9(16)7-4-8(6(2)19-7)20(14,17)18/h4H,3,5H2,1-2H3,(H2,14,17,18). The molecule has 0 atom stereocenters. The first-order valence-corrected chi connectivity index (χ1v) is 7.81. The highest BCUT2D eigenvalue weighted by Gasteiger charge is 2.33. The molecule has 0 aliphatic heterocycles. The molecule has 0 aromatic carbocycles. The van der Waals surface area contributed by atoms with E-state index in [0.717, 1.165) is 17.4 Å². The second-order valence-corrected chi connectivity index (χ2v) is 6.80. The smallest absolute Gasteiger partial charge is 0.329 e. The Morgan fingerprint density at radius 3 is 2.35 bits per heavy atom. The van der Waals surface area contributed by atoms with Crippen molar-refractivity contribution < 1.29 is 26.4 Å². The fraction of sp³-hybridized carbons (Fsp3) is 0.500. The molecule has 2 N–H and O–H groups in total. The number of amides is 1. The Bertz CT molecular complexity index is 608. The zero-order valence-electron chi connectivity index (χ0n) is 10.7. The van der Waals surface area contributed by atoms with Gasteiger partial charge in [-0.25, -0.2) is 13.6 Å². The highest BCUT2D eigenvalue weighted by atomic mass is 32.2. The van der Waals surface area contributed by atoms with Gasteiger partial charge in [0.2, 0.25) is 10.0 Å². The Kier molecular flexibility index (Phi) is 4.82. The Hall–Kier alpha value is -1.13. The minimum absolute atomic E-state index is 0.0855. The molecule has 1 rings (SSSR count). The van der Waals surface area contributed by atoms with Crippen LogP contribution in [0.15, 0.2) is 11.0 Å². The van der Waals surface area contributed by atoms with Crippen LogP contribution in [0.5, 0.6) is 0 Å². The van der Waals surface area contributed by atoms with Gasteiger partial charge in [-0.3, -0.25) is 4.79 Å². The third-order valence-corrected chi connectivity index (χ3v) is 4.63. The van der Waals surface area contributed by atoms with E-state index >= 15 is 0 Å². The maximum absolute atomic E-state index is 12.3. The number of carbonyl (C=O) groups is 1. The Labute approximate surface area is 118 Å². The normalized spacial score (nSPS) is 12.5. The summed E-state index contributed by atoms with van der Waals surface area (Å²) in [4.78, 5) is 12.5. The second kappa shape index (κ2) is 5.70. The van der Waals surface area contributed by atoms with Crippen molar-refractivity contribution in [2.45, 2.75) is 24.9 Å². The van der Waals surface area contributed by atoms with Crippen LogP contribution in [0, 0.1) is 6.92 Å². The molecule has 0 aliphatic rings. The van der Waals surface area contributed by atoms with E-state index in [0.29, 0.717) is 4.90 Å². The zero-order chi connectivity index (χ0) is 15.7. The van der Waals surface area contributed by atoms with E-state index in [4.69, 9.17) is 5.14 Å². The van der Waals surface area contributed by atoms with Gasteiger partial charge in [0.05, 0.1) is 9.77 Å². The largest absolute Gasteiger partial charge is 0.406 e. The maximum atomic E-state index is 12.3. The molecule has 5 nitrogen and oxygen atoms in total. The van der Waals surface area contributed by atoms with Crippen LogP contribution in [-0.4, -0.2) is 38.5 Å². The van der Waals surface area contributed by atoms with E-state index in [9.17, 15) is 26.4 Å². The summed E-state index contributed by atoms with van der Waals surface area (Å²) in [5.74, 6) is -0.868. The minimum Gasteiger partial charge on any atom is -0.329 e. The van der Waals surface area contributed by atoms with E-state index in [-0.39, 0.29) is 21.2 Å². The molecule has 1 aromatic rings. The molecular weight excluding hydrogens is 317 g/mol. The summed E-state index contributed by atoms with van der Waals surface area (Å²) in [6.07, 6.45) is -4.51. The van der Waals surface area contributed by atoms with Crippen molar-refractivity contribution in [3.63, 3.8) is 0 Å². The fourth-order valence-corrected chi connectivity index (χ4v) is 3.67. The van der Waals surface area contributed by atoms with E-state index in [1.54, 1.807) is 0 Å². The lowest BCUT2D eigenvalue weighted by Gasteiger charge is -2.21. The van der Waals surface area contributed by atoms with E-state index < -0.39 is 28.7 Å². The molecule has 0 bridgehead atoms. The lowest BCUT2D eigenvalue weighted by Crippen LogP contribution is -2.38. The van der Waals surface area contributed by atoms with Gasteiger partial charge in [0, 0.05) is 11.4 Å². The number of hydrogen-bond acceptors (Lipinski definition) is 4. The molecule has 0 unspecified atom stereocenters. The summed E-state index contributed by atoms with van der Waals surface area (Å²) >= 11 is 0.801. The van der Waals surface area contributed by atoms with Crippen LogP contribution in [0.1, 0.15) is 21.5 Å². The highest BCUT2D eigenvalue weighted by Crippen LogP contribution is 2.27. The second-order valence-electron chi connectivity index (χ2n) is 4.01. The molecule has 1 aromatic heterocycles. The number of alkyl halides is 3. The maximum Gasteiger partial charge on any atom is 0.406 e. The summed E-state index contributed by atoms with van der Waals surface area (Å²) in [7, 11) is -4.00. The predicted octanol–water partition coefficient (Wildman–Crippen LogP) is 1.73. The number of hydrogen-bond donors (Lipinski definition) is 1. The van der Waals surface area contributed by atoms with Crippen molar-refractivity contribution in [2.24, 2.45) is 5.14 Å². The zero-order valence-corrected chi connectivity index (χ0v) is 12.3. The predicted molar refractivity (Wildman–Crippen MR) is 68.1 cm³/mol. The number of primary sulfonamides is 1. The van der Waals surface area contributed by atoms with Gasteiger partial charge in [-0.05, 0) is 19.9 Å². The molecule has 1 amide bonds. The average Bonchev–Trinajstić information content (AvgIpc) is 2.65. The number of halogens is 3. The number of rotatable bonds is 4. The molecule has 114 valence electrons. The molecule has 0 aliphatic carbocycles. The van der Waals surface area contributed by atoms with Crippen LogP contribution in [0.25, 0.3) is 0 Å². The molecule has 0 saturated heterocycles. The molecule has 1 heterocycles. The number of nitrogens with two attached hydrogens (primary N) is 1. The summed E-state index contributed by atoms with van der Waals surface area (Å²) in [6, 6.07) is 1.01. The van der Waals surface area contributed by atoms with Gasteiger partial charge in [0.1, 0.15) is 6.54 Å². The number of carbonyl (C=O) groups excluding carboxylic acids is 1. The molecular formula is C10H13F3N2O3S2. The first-order chi connectivity index (χ1) is 8.95. The van der Waals surface area contributed by atoms with Crippen LogP contribution in [0.2, 0.25) is 0 Å². The van der Waals surface area contributed by atoms with Crippen LogP contribution < -0.4 is 5.14 Å². The Morgan fingerprint density at radius 2 is 2.00 bits per heavy atom. The quantitative estimate of drug-likeness (QED) is 0.913. The summed E-state index contributed by atoms with van der Waals surface area (Å²) in [6.45, 7) is 1.32. The summed E-state index contributed by atoms with van der Waals surface area (Å²) in [5, 5.41) is 4.96. The van der Waals surface area contributed by atoms with Gasteiger partial charge < -0.3 is 4.90 Å². The number of thiophene rings is 1. The summed E-state index contributed by atoms with van der Waals surface area (Å²) < 4.78 is 59.5. The van der Waals surface area contributed by atoms with Gasteiger partial charge >= 0.3 is 6.18 Å². The van der Waals surface area contributed by atoms with Gasteiger partial charge in [0.15, 0.2) is 0 Å². The average molecular weight is 330 g/mol. The van der Waals surface area contributed by atoms with Crippen LogP contribution in [0.4, 0.5) is 13.2 Å². The van der Waals surface area contributed by atoms with Crippen molar-refractivity contribution >= 4 is 27.3 Å². The van der Waals surface area contributed by atoms with Crippen molar-refractivity contribution in [1.82, 2.24) is 4.90 Å². The monoisotopic (exact) mass is 330 g/mol. The third kappa shape index (κ3) is 4.18. The van der Waals surface area contributed by atoms with Gasteiger partial charge in [0.25, 0.3) is 5.91 Å². The molecule has 0 fully saturated rings. The van der Waals surface area contributed by atoms with Gasteiger partial charge in [-0.2, -0.15) is 13.2 Å². The lowest BCUT2D eigenvalue weighted by atomic mass is 10.3. The Morgan fingerprint density at radius 1 is 1.45 bits per heavy atom. The van der Waals surface area contributed by atoms with Crippen molar-refractivity contribution in [2.75, 3.05) is 13.1 Å². The number of aryl methyl sites for hydroxylation is 1. The highest BCUT2D eigenvalue weighted by molar-refractivity contribution is 7.89. The van der Waals surface area contributed by atoms with Crippen molar-refractivity contribution in [3.8, 4) is 0 Å². The van der Waals surface area contributed by atoms with Gasteiger partial charge in [-0.15, -0.1) is 11.3 Å². The lowest BCUT2D eigenvalue weighted by molar-refractivity contribution is -0.140.